The third-order valence-electron chi connectivity index (χ3n) is 3.86. The Morgan fingerprint density at radius 2 is 2.15 bits per heavy atom. The third kappa shape index (κ3) is 3.11. The molecule has 0 saturated heterocycles. The van der Waals surface area contributed by atoms with E-state index in [0.29, 0.717) is 21.7 Å². The number of thiazole rings is 1. The van der Waals surface area contributed by atoms with Gasteiger partial charge in [-0.1, -0.05) is 28.1 Å². The normalized spacial score (nSPS) is 11.2. The van der Waals surface area contributed by atoms with Gasteiger partial charge in [-0.25, -0.2) is 4.98 Å². The zero-order valence-corrected chi connectivity index (χ0v) is 15.6. The van der Waals surface area contributed by atoms with Gasteiger partial charge in [-0.15, -0.1) is 0 Å². The number of rotatable bonds is 4. The molecule has 26 heavy (non-hydrogen) atoms. The zero-order chi connectivity index (χ0) is 18.3. The van der Waals surface area contributed by atoms with Crippen LogP contribution in [0, 0.1) is 13.8 Å². The summed E-state index contributed by atoms with van der Waals surface area (Å²) < 4.78 is 11.4. The molecule has 3 heterocycles. The molecule has 0 saturated carbocycles. The smallest absolute Gasteiger partial charge is 0.282 e. The van der Waals surface area contributed by atoms with Gasteiger partial charge in [0.1, 0.15) is 11.5 Å². The van der Waals surface area contributed by atoms with Crippen LogP contribution in [0.5, 0.6) is 0 Å². The Balaban J connectivity index is 1.79. The molecule has 4 rings (SSSR count). The molecule has 0 atom stereocenters. The molecular weight excluding hydrogens is 374 g/mol. The van der Waals surface area contributed by atoms with Crippen LogP contribution < -0.4 is 4.90 Å². The molecule has 0 radical (unpaired) electrons. The second-order valence-corrected chi connectivity index (χ2v) is 7.30. The summed E-state index contributed by atoms with van der Waals surface area (Å²) >= 11 is 7.54. The minimum Gasteiger partial charge on any atom is -0.467 e. The van der Waals surface area contributed by atoms with Gasteiger partial charge in [-0.3, -0.25) is 9.69 Å². The lowest BCUT2D eigenvalue weighted by atomic mass is 10.2. The van der Waals surface area contributed by atoms with Gasteiger partial charge in [0, 0.05) is 11.1 Å². The highest BCUT2D eigenvalue weighted by atomic mass is 35.5. The molecule has 4 aromatic rings. The van der Waals surface area contributed by atoms with Gasteiger partial charge in [0.05, 0.1) is 23.0 Å². The second-order valence-electron chi connectivity index (χ2n) is 5.86. The lowest BCUT2D eigenvalue weighted by Crippen LogP contribution is -2.30. The Kier molecular flexibility index (Phi) is 4.26. The van der Waals surface area contributed by atoms with Crippen LogP contribution in [-0.2, 0) is 6.54 Å². The lowest BCUT2D eigenvalue weighted by molar-refractivity contribution is 0.0974. The molecule has 1 aromatic carbocycles. The Hall–Kier alpha value is -2.64. The number of anilines is 1. The molecule has 0 N–H and O–H groups in total. The highest BCUT2D eigenvalue weighted by Crippen LogP contribution is 2.34. The van der Waals surface area contributed by atoms with Crippen molar-refractivity contribution in [3.63, 3.8) is 0 Å². The van der Waals surface area contributed by atoms with E-state index in [9.17, 15) is 4.79 Å². The van der Waals surface area contributed by atoms with Crippen LogP contribution in [-0.4, -0.2) is 16.0 Å². The van der Waals surface area contributed by atoms with Crippen LogP contribution >= 0.6 is 22.9 Å². The summed E-state index contributed by atoms with van der Waals surface area (Å²) in [5, 5.41) is 5.02. The number of amides is 1. The minimum absolute atomic E-state index is 0.225. The first-order chi connectivity index (χ1) is 12.5. The van der Waals surface area contributed by atoms with E-state index in [1.54, 1.807) is 25.3 Å². The van der Waals surface area contributed by atoms with E-state index in [1.165, 1.54) is 16.2 Å². The maximum absolute atomic E-state index is 13.0. The molecule has 3 aromatic heterocycles. The summed E-state index contributed by atoms with van der Waals surface area (Å²) in [5.74, 6) is 0.909. The Labute approximate surface area is 158 Å². The fraction of sp³-hybridized carbons (Fsp3) is 0.167. The first-order valence-electron chi connectivity index (χ1n) is 7.85. The maximum atomic E-state index is 13.0. The van der Waals surface area contributed by atoms with E-state index < -0.39 is 0 Å². The van der Waals surface area contributed by atoms with Crippen LogP contribution in [0.1, 0.15) is 27.6 Å². The van der Waals surface area contributed by atoms with Gasteiger partial charge in [0.15, 0.2) is 10.8 Å². The molecule has 6 nitrogen and oxygen atoms in total. The summed E-state index contributed by atoms with van der Waals surface area (Å²) in [6, 6.07) is 8.89. The van der Waals surface area contributed by atoms with Crippen molar-refractivity contribution in [1.29, 1.82) is 0 Å². The van der Waals surface area contributed by atoms with Crippen molar-refractivity contribution in [2.24, 2.45) is 0 Å². The average Bonchev–Trinajstić information content (AvgIpc) is 3.32. The first kappa shape index (κ1) is 16.8. The standard InChI is InChI=1S/C18H14ClN3O3S/c1-10-6-12(19)8-15-16(10)20-18(26-15)22(9-13-4-3-5-24-13)17(23)14-7-11(2)25-21-14/h3-8H,9H2,1-2H3. The quantitative estimate of drug-likeness (QED) is 0.493. The van der Waals surface area contributed by atoms with Crippen LogP contribution in [0.25, 0.3) is 10.2 Å². The van der Waals surface area contributed by atoms with Gasteiger partial charge in [0.25, 0.3) is 5.91 Å². The third-order valence-corrected chi connectivity index (χ3v) is 5.10. The number of aryl methyl sites for hydroxylation is 2. The fourth-order valence-corrected chi connectivity index (χ4v) is 4.07. The van der Waals surface area contributed by atoms with Crippen molar-refractivity contribution in [2.45, 2.75) is 20.4 Å². The number of nitrogens with zero attached hydrogens (tertiary/aromatic N) is 3. The number of fused-ring (bicyclic) bond motifs is 1. The Bertz CT molecular complexity index is 1080. The molecular formula is C18H14ClN3O3S. The predicted octanol–water partition coefficient (Wildman–Crippen LogP) is 4.99. The molecule has 0 fully saturated rings. The van der Waals surface area contributed by atoms with Crippen LogP contribution in [0.4, 0.5) is 5.13 Å². The molecule has 0 aliphatic carbocycles. The van der Waals surface area contributed by atoms with E-state index in [4.69, 9.17) is 20.5 Å². The number of halogens is 1. The summed E-state index contributed by atoms with van der Waals surface area (Å²) in [5.41, 5.74) is 2.00. The molecule has 0 aliphatic heterocycles. The van der Waals surface area contributed by atoms with Crippen molar-refractivity contribution >= 4 is 44.2 Å². The number of carbonyl (C=O) groups excluding carboxylic acids is 1. The summed E-state index contributed by atoms with van der Waals surface area (Å²) in [4.78, 5) is 19.2. The average molecular weight is 388 g/mol. The van der Waals surface area contributed by atoms with Crippen LogP contribution in [0.15, 0.2) is 45.5 Å². The number of carbonyl (C=O) groups is 1. The zero-order valence-electron chi connectivity index (χ0n) is 14.0. The molecule has 1 amide bonds. The van der Waals surface area contributed by atoms with Crippen molar-refractivity contribution in [3.8, 4) is 0 Å². The van der Waals surface area contributed by atoms with Crippen molar-refractivity contribution in [1.82, 2.24) is 10.1 Å². The second kappa shape index (κ2) is 6.59. The Morgan fingerprint density at radius 3 is 2.85 bits per heavy atom. The SMILES string of the molecule is Cc1cc(C(=O)N(Cc2ccco2)c2nc3c(C)cc(Cl)cc3s2)no1. The van der Waals surface area contributed by atoms with E-state index in [2.05, 4.69) is 10.1 Å². The molecule has 0 aliphatic rings. The van der Waals surface area contributed by atoms with Crippen LogP contribution in [0.3, 0.4) is 0 Å². The minimum atomic E-state index is -0.305. The largest absolute Gasteiger partial charge is 0.467 e. The topological polar surface area (TPSA) is 72.4 Å². The highest BCUT2D eigenvalue weighted by Gasteiger charge is 2.25. The van der Waals surface area contributed by atoms with Crippen molar-refractivity contribution in [2.75, 3.05) is 4.90 Å². The number of hydrogen-bond donors (Lipinski definition) is 0. The number of benzene rings is 1. The maximum Gasteiger partial charge on any atom is 0.282 e. The van der Waals surface area contributed by atoms with Crippen molar-refractivity contribution in [3.05, 3.63) is 64.4 Å². The van der Waals surface area contributed by atoms with E-state index in [0.717, 1.165) is 15.8 Å². The number of hydrogen-bond acceptors (Lipinski definition) is 6. The van der Waals surface area contributed by atoms with Crippen molar-refractivity contribution < 1.29 is 13.7 Å². The molecule has 0 spiro atoms. The lowest BCUT2D eigenvalue weighted by Gasteiger charge is -2.17. The summed E-state index contributed by atoms with van der Waals surface area (Å²) in [6.45, 7) is 3.92. The fourth-order valence-electron chi connectivity index (χ4n) is 2.65. The first-order valence-corrected chi connectivity index (χ1v) is 9.05. The molecule has 132 valence electrons. The predicted molar refractivity (Wildman–Crippen MR) is 99.8 cm³/mol. The summed E-state index contributed by atoms with van der Waals surface area (Å²) in [6.07, 6.45) is 1.57. The molecule has 0 bridgehead atoms. The molecule has 0 unspecified atom stereocenters. The monoisotopic (exact) mass is 387 g/mol. The van der Waals surface area contributed by atoms with E-state index in [1.807, 2.05) is 25.1 Å². The number of aromatic nitrogens is 2. The number of furan rings is 1. The summed E-state index contributed by atoms with van der Waals surface area (Å²) in [7, 11) is 0. The van der Waals surface area contributed by atoms with E-state index >= 15 is 0 Å². The van der Waals surface area contributed by atoms with Crippen LogP contribution in [0.2, 0.25) is 5.02 Å². The van der Waals surface area contributed by atoms with E-state index in [-0.39, 0.29) is 18.1 Å². The Morgan fingerprint density at radius 1 is 1.31 bits per heavy atom. The van der Waals surface area contributed by atoms with Gasteiger partial charge in [0.2, 0.25) is 0 Å². The van der Waals surface area contributed by atoms with Gasteiger partial charge < -0.3 is 8.94 Å². The van der Waals surface area contributed by atoms with Gasteiger partial charge in [-0.2, -0.15) is 0 Å². The highest BCUT2D eigenvalue weighted by molar-refractivity contribution is 7.22. The van der Waals surface area contributed by atoms with Gasteiger partial charge in [-0.05, 0) is 43.7 Å². The molecule has 8 heteroatoms. The van der Waals surface area contributed by atoms with Gasteiger partial charge >= 0.3 is 0 Å².